The number of halogens is 4. The van der Waals surface area contributed by atoms with Crippen molar-refractivity contribution in [2.24, 2.45) is 4.99 Å². The fraction of sp³-hybridized carbons (Fsp3) is 0.391. The number of hydrogen-bond donors (Lipinski definition) is 2. The van der Waals surface area contributed by atoms with E-state index in [-0.39, 0.29) is 5.00 Å². The van der Waals surface area contributed by atoms with Crippen LogP contribution < -0.4 is 4.90 Å². The van der Waals surface area contributed by atoms with Crippen molar-refractivity contribution in [2.75, 3.05) is 4.90 Å². The Hall–Kier alpha value is -2.72. The number of nitrogens with one attached hydrogen (secondary N) is 2. The van der Waals surface area contributed by atoms with Crippen LogP contribution in [0.5, 0.6) is 0 Å². The van der Waals surface area contributed by atoms with Gasteiger partial charge in [-0.05, 0) is 52.3 Å². The van der Waals surface area contributed by atoms with Crippen molar-refractivity contribution in [3.8, 4) is 0 Å². The number of ether oxygens (including phenoxy) is 1. The van der Waals surface area contributed by atoms with E-state index in [1.807, 2.05) is 0 Å². The first-order valence-electron chi connectivity index (χ1n) is 10.3. The van der Waals surface area contributed by atoms with Crippen LogP contribution in [0.4, 0.5) is 18.2 Å². The van der Waals surface area contributed by atoms with Crippen LogP contribution in [0.3, 0.4) is 0 Å². The Labute approximate surface area is 204 Å². The standard InChI is InChI=1S/C23H24ClF3N4O2S/c1-11-12(2)34-20-17(11)18(13-6-8-14(24)9-7-13)30-15(10-16(32)33-22(3,4)5)19(28)31(20)21(29)23(25,26)27/h6-9,15,28-29H,10H2,1-5H3. The lowest BCUT2D eigenvalue weighted by molar-refractivity contribution is -0.154. The Bertz CT molecular complexity index is 1180. The lowest BCUT2D eigenvalue weighted by Crippen LogP contribution is -2.48. The smallest absolute Gasteiger partial charge is 0.449 e. The summed E-state index contributed by atoms with van der Waals surface area (Å²) in [7, 11) is 0. The van der Waals surface area contributed by atoms with Gasteiger partial charge >= 0.3 is 12.1 Å². The van der Waals surface area contributed by atoms with Gasteiger partial charge in [0.2, 0.25) is 5.84 Å². The molecule has 1 aromatic carbocycles. The van der Waals surface area contributed by atoms with Crippen LogP contribution in [0.2, 0.25) is 5.02 Å². The number of rotatable bonds is 3. The summed E-state index contributed by atoms with van der Waals surface area (Å²) in [4.78, 5) is 18.5. The average molecular weight is 513 g/mol. The number of aliphatic imine (C=N–C) groups is 1. The predicted molar refractivity (Wildman–Crippen MR) is 129 cm³/mol. The number of carbonyl (C=O) groups is 1. The third-order valence-electron chi connectivity index (χ3n) is 5.04. The molecular formula is C23H24ClF3N4O2S. The van der Waals surface area contributed by atoms with Gasteiger partial charge in [0.25, 0.3) is 0 Å². The second-order valence-corrected chi connectivity index (χ2v) is 10.5. The molecule has 3 rings (SSSR count). The first kappa shape index (κ1) is 25.9. The number of fused-ring (bicyclic) bond motifs is 1. The largest absolute Gasteiger partial charge is 0.460 e. The van der Waals surface area contributed by atoms with Crippen LogP contribution >= 0.6 is 22.9 Å². The van der Waals surface area contributed by atoms with Crippen LogP contribution in [0.1, 0.15) is 48.8 Å². The first-order chi connectivity index (χ1) is 15.6. The quantitative estimate of drug-likeness (QED) is 0.287. The Morgan fingerprint density at radius 1 is 1.21 bits per heavy atom. The highest BCUT2D eigenvalue weighted by Crippen LogP contribution is 2.41. The summed E-state index contributed by atoms with van der Waals surface area (Å²) < 4.78 is 46.5. The number of nitrogens with zero attached hydrogens (tertiary/aromatic N) is 2. The number of benzene rings is 1. The minimum Gasteiger partial charge on any atom is -0.460 e. The second kappa shape index (κ2) is 9.14. The van der Waals surface area contributed by atoms with Gasteiger partial charge in [-0.1, -0.05) is 23.7 Å². The van der Waals surface area contributed by atoms with E-state index >= 15 is 0 Å². The maximum atomic E-state index is 13.7. The summed E-state index contributed by atoms with van der Waals surface area (Å²) in [6.07, 6.45) is -5.47. The molecule has 2 aromatic rings. The number of alkyl halides is 3. The Kier molecular flexibility index (Phi) is 6.96. The van der Waals surface area contributed by atoms with Crippen LogP contribution in [0.15, 0.2) is 29.3 Å². The molecule has 2 heterocycles. The molecule has 0 bridgehead atoms. The van der Waals surface area contributed by atoms with Gasteiger partial charge in [-0.25, -0.2) is 0 Å². The van der Waals surface area contributed by atoms with E-state index < -0.39 is 41.9 Å². The molecule has 0 radical (unpaired) electrons. The lowest BCUT2D eigenvalue weighted by Gasteiger charge is -2.27. The highest BCUT2D eigenvalue weighted by Gasteiger charge is 2.45. The number of thiophene rings is 1. The van der Waals surface area contributed by atoms with Gasteiger partial charge in [0, 0.05) is 21.0 Å². The zero-order valence-electron chi connectivity index (χ0n) is 19.2. The minimum absolute atomic E-state index is 0.0581. The van der Waals surface area contributed by atoms with Gasteiger partial charge in [0.15, 0.2) is 0 Å². The van der Waals surface area contributed by atoms with E-state index in [1.165, 1.54) is 0 Å². The van der Waals surface area contributed by atoms with Gasteiger partial charge in [-0.15, -0.1) is 11.3 Å². The number of aryl methyl sites for hydroxylation is 1. The van der Waals surface area contributed by atoms with E-state index in [1.54, 1.807) is 58.9 Å². The maximum Gasteiger partial charge on any atom is 0.449 e. The molecular weight excluding hydrogens is 489 g/mol. The molecule has 1 aliphatic heterocycles. The SMILES string of the molecule is Cc1sc2c(c1C)C(c1ccc(Cl)cc1)=NC(CC(=O)OC(C)(C)C)C(=N)N2C(=N)C(F)(F)F. The van der Waals surface area contributed by atoms with E-state index in [2.05, 4.69) is 4.99 Å². The van der Waals surface area contributed by atoms with Crippen LogP contribution in [0, 0.1) is 24.7 Å². The third-order valence-corrected chi connectivity index (χ3v) is 6.48. The molecule has 0 saturated carbocycles. The van der Waals surface area contributed by atoms with Crippen molar-refractivity contribution in [3.05, 3.63) is 50.9 Å². The van der Waals surface area contributed by atoms with E-state index in [0.717, 1.165) is 16.2 Å². The monoisotopic (exact) mass is 512 g/mol. The first-order valence-corrected chi connectivity index (χ1v) is 11.5. The van der Waals surface area contributed by atoms with Crippen LogP contribution in [-0.4, -0.2) is 41.2 Å². The Morgan fingerprint density at radius 3 is 2.32 bits per heavy atom. The van der Waals surface area contributed by atoms with E-state index in [4.69, 9.17) is 27.2 Å². The lowest BCUT2D eigenvalue weighted by atomic mass is 9.99. The predicted octanol–water partition coefficient (Wildman–Crippen LogP) is 6.29. The molecule has 11 heteroatoms. The van der Waals surface area contributed by atoms with Gasteiger partial charge in [-0.3, -0.25) is 25.5 Å². The summed E-state index contributed by atoms with van der Waals surface area (Å²) in [5.41, 5.74) is 1.13. The Morgan fingerprint density at radius 2 is 1.79 bits per heavy atom. The fourth-order valence-corrected chi connectivity index (χ4v) is 4.75. The van der Waals surface area contributed by atoms with Crippen molar-refractivity contribution in [2.45, 2.75) is 58.9 Å². The van der Waals surface area contributed by atoms with Gasteiger partial charge < -0.3 is 4.74 Å². The van der Waals surface area contributed by atoms with E-state index in [9.17, 15) is 18.0 Å². The fourth-order valence-electron chi connectivity index (χ4n) is 3.44. The molecule has 2 N–H and O–H groups in total. The summed E-state index contributed by atoms with van der Waals surface area (Å²) in [6, 6.07) is 5.30. The highest BCUT2D eigenvalue weighted by molar-refractivity contribution is 7.17. The summed E-state index contributed by atoms with van der Waals surface area (Å²) in [5.74, 6) is -3.06. The van der Waals surface area contributed by atoms with E-state index in [0.29, 0.717) is 32.3 Å². The molecule has 0 fully saturated rings. The van der Waals surface area contributed by atoms with Crippen LogP contribution in [0.25, 0.3) is 0 Å². The van der Waals surface area contributed by atoms with Crippen molar-refractivity contribution >= 4 is 51.3 Å². The maximum absolute atomic E-state index is 13.7. The van der Waals surface area contributed by atoms with Crippen molar-refractivity contribution < 1.29 is 22.7 Å². The molecule has 34 heavy (non-hydrogen) atoms. The van der Waals surface area contributed by atoms with Crippen molar-refractivity contribution in [1.82, 2.24) is 0 Å². The number of amidine groups is 2. The Balaban J connectivity index is 2.25. The average Bonchev–Trinajstić information content (AvgIpc) is 2.91. The zero-order chi connectivity index (χ0) is 25.6. The molecule has 0 spiro atoms. The molecule has 1 atom stereocenters. The molecule has 0 aliphatic carbocycles. The second-order valence-electron chi connectivity index (χ2n) is 8.82. The number of carbonyl (C=O) groups excluding carboxylic acids is 1. The normalized spacial score (nSPS) is 16.6. The van der Waals surface area contributed by atoms with Crippen molar-refractivity contribution in [1.29, 1.82) is 10.8 Å². The zero-order valence-corrected chi connectivity index (χ0v) is 20.8. The third kappa shape index (κ3) is 5.33. The number of anilines is 1. The van der Waals surface area contributed by atoms with Crippen molar-refractivity contribution in [3.63, 3.8) is 0 Å². The summed E-state index contributed by atoms with van der Waals surface area (Å²) in [5, 5.41) is 17.0. The molecule has 1 unspecified atom stereocenters. The number of esters is 1. The molecule has 0 amide bonds. The molecule has 1 aromatic heterocycles. The molecule has 182 valence electrons. The number of hydrogen-bond acceptors (Lipinski definition) is 6. The van der Waals surface area contributed by atoms with Gasteiger partial charge in [-0.2, -0.15) is 13.2 Å². The highest BCUT2D eigenvalue weighted by atomic mass is 35.5. The minimum atomic E-state index is -5.02. The topological polar surface area (TPSA) is 89.6 Å². The van der Waals surface area contributed by atoms with Gasteiger partial charge in [0.05, 0.1) is 12.1 Å². The molecule has 6 nitrogen and oxygen atoms in total. The molecule has 0 saturated heterocycles. The molecule has 1 aliphatic rings. The summed E-state index contributed by atoms with van der Waals surface area (Å²) >= 11 is 7.06. The van der Waals surface area contributed by atoms with Crippen LogP contribution in [-0.2, 0) is 9.53 Å². The van der Waals surface area contributed by atoms with Gasteiger partial charge in [0.1, 0.15) is 22.5 Å². The summed E-state index contributed by atoms with van der Waals surface area (Å²) in [6.45, 7) is 8.51.